The average Bonchev–Trinajstić information content (AvgIpc) is 2.75. The maximum Gasteiger partial charge on any atom is 0.425 e. The second-order valence-electron chi connectivity index (χ2n) is 12.4. The van der Waals surface area contributed by atoms with E-state index in [4.69, 9.17) is 9.47 Å². The van der Waals surface area contributed by atoms with Gasteiger partial charge in [-0.3, -0.25) is 15.1 Å². The molecule has 0 spiro atoms. The van der Waals surface area contributed by atoms with Crippen molar-refractivity contribution in [1.29, 1.82) is 0 Å². The Bertz CT molecular complexity index is 1320. The quantitative estimate of drug-likeness (QED) is 0.382. The minimum absolute atomic E-state index is 0.361. The van der Waals surface area contributed by atoms with Gasteiger partial charge in [0.2, 0.25) is 0 Å². The number of nitrogens with zero attached hydrogens (tertiary/aromatic N) is 3. The van der Waals surface area contributed by atoms with Crippen LogP contribution in [0.1, 0.15) is 81.2 Å². The summed E-state index contributed by atoms with van der Waals surface area (Å²) in [6.45, 7) is 13.4. The first-order valence-electron chi connectivity index (χ1n) is 12.5. The summed E-state index contributed by atoms with van der Waals surface area (Å²) in [5.41, 5.74) is -5.47. The number of aliphatic hydroxyl groups is 1. The number of halogens is 1. The van der Waals surface area contributed by atoms with Crippen LogP contribution >= 0.6 is 0 Å². The molecule has 2 amide bonds. The summed E-state index contributed by atoms with van der Waals surface area (Å²) in [6, 6.07) is 2.56. The first-order valence-corrected chi connectivity index (χ1v) is 14.0. The number of aliphatic hydroxyl groups excluding tert-OH is 1. The van der Waals surface area contributed by atoms with Gasteiger partial charge in [0.1, 0.15) is 37.9 Å². The molecule has 0 saturated carbocycles. The standard InChI is InChI=1S/C26H38FN3O9S/c1-22(2,3)38-20(32)29(21(33)39-23(4,5)6)19-24(7,8)40(36,37)25(9,13-14-31)26(10,28-19)17-15-16(30(34)35)11-12-18(17)27/h11-12,15,31H,13-14H2,1-10H3. The van der Waals surface area contributed by atoms with Gasteiger partial charge >= 0.3 is 12.2 Å². The minimum atomic E-state index is -4.60. The Morgan fingerprint density at radius 1 is 1.05 bits per heavy atom. The molecule has 0 bridgehead atoms. The van der Waals surface area contributed by atoms with Crippen molar-refractivity contribution in [2.45, 2.75) is 102 Å². The molecule has 0 aliphatic carbocycles. The molecule has 2 atom stereocenters. The number of ether oxygens (including phenoxy) is 2. The smallest absolute Gasteiger partial charge is 0.425 e. The number of sulfone groups is 1. The monoisotopic (exact) mass is 587 g/mol. The van der Waals surface area contributed by atoms with E-state index in [9.17, 15) is 33.2 Å². The second kappa shape index (κ2) is 10.4. The van der Waals surface area contributed by atoms with Crippen molar-refractivity contribution in [1.82, 2.24) is 4.90 Å². The van der Waals surface area contributed by atoms with Gasteiger partial charge in [0, 0.05) is 24.3 Å². The predicted octanol–water partition coefficient (Wildman–Crippen LogP) is 4.87. The number of amidine groups is 1. The van der Waals surface area contributed by atoms with Gasteiger partial charge in [-0.1, -0.05) is 0 Å². The minimum Gasteiger partial charge on any atom is -0.443 e. The fourth-order valence-corrected chi connectivity index (χ4v) is 7.07. The Hall–Kier alpha value is -3.13. The molecule has 2 rings (SSSR count). The Kier molecular flexibility index (Phi) is 8.57. The van der Waals surface area contributed by atoms with Gasteiger partial charge < -0.3 is 14.6 Å². The van der Waals surface area contributed by atoms with Crippen molar-refractivity contribution in [3.8, 4) is 0 Å². The molecule has 0 radical (unpaired) electrons. The largest absolute Gasteiger partial charge is 0.443 e. The van der Waals surface area contributed by atoms with Crippen LogP contribution in [-0.4, -0.2) is 68.7 Å². The molecule has 1 N–H and O–H groups in total. The highest BCUT2D eigenvalue weighted by Gasteiger charge is 2.66. The fraction of sp³-hybridized carbons (Fsp3) is 0.654. The normalized spacial score (nSPS) is 24.1. The number of amides is 2. The first-order chi connectivity index (χ1) is 17.9. The molecule has 0 fully saturated rings. The lowest BCUT2D eigenvalue weighted by molar-refractivity contribution is -0.385. The SMILES string of the molecule is CC(C)(C)OC(=O)N(C(=O)OC(C)(C)C)C1=NC(C)(c2cc([N+](=O)[O-])ccc2F)C(C)(CCO)S(=O)(=O)C1(C)C. The molecular formula is C26H38FN3O9S. The van der Waals surface area contributed by atoms with Crippen LogP contribution in [0.3, 0.4) is 0 Å². The molecule has 1 aliphatic rings. The van der Waals surface area contributed by atoms with E-state index >= 15 is 4.39 Å². The maximum absolute atomic E-state index is 15.4. The third kappa shape index (κ3) is 5.69. The lowest BCUT2D eigenvalue weighted by Gasteiger charge is -2.52. The number of non-ortho nitro benzene ring substituents is 1. The van der Waals surface area contributed by atoms with E-state index in [0.717, 1.165) is 18.2 Å². The average molecular weight is 588 g/mol. The molecule has 0 saturated heterocycles. The van der Waals surface area contributed by atoms with Gasteiger partial charge in [-0.2, -0.15) is 4.90 Å². The van der Waals surface area contributed by atoms with Crippen LogP contribution in [-0.2, 0) is 24.8 Å². The molecular weight excluding hydrogens is 549 g/mol. The van der Waals surface area contributed by atoms with Crippen molar-refractivity contribution >= 4 is 33.5 Å². The summed E-state index contributed by atoms with van der Waals surface area (Å²) < 4.78 is 50.9. The summed E-state index contributed by atoms with van der Waals surface area (Å²) in [7, 11) is -4.60. The summed E-state index contributed by atoms with van der Waals surface area (Å²) in [5.74, 6) is -1.66. The highest BCUT2D eigenvalue weighted by atomic mass is 32.2. The van der Waals surface area contributed by atoms with Crippen molar-refractivity contribution < 1.29 is 41.9 Å². The van der Waals surface area contributed by atoms with E-state index in [1.807, 2.05) is 0 Å². The second-order valence-corrected chi connectivity index (χ2v) is 15.4. The summed E-state index contributed by atoms with van der Waals surface area (Å²) in [6.07, 6.45) is -3.04. The zero-order valence-electron chi connectivity index (χ0n) is 24.5. The number of aliphatic imine (C=N–C) groups is 1. The van der Waals surface area contributed by atoms with Crippen molar-refractivity contribution in [3.63, 3.8) is 0 Å². The van der Waals surface area contributed by atoms with Crippen LogP contribution in [0.15, 0.2) is 23.2 Å². The molecule has 2 unspecified atom stereocenters. The van der Waals surface area contributed by atoms with Crippen LogP contribution < -0.4 is 0 Å². The third-order valence-electron chi connectivity index (χ3n) is 6.80. The van der Waals surface area contributed by atoms with Crippen LogP contribution in [0.4, 0.5) is 19.7 Å². The highest BCUT2D eigenvalue weighted by molar-refractivity contribution is 7.95. The van der Waals surface area contributed by atoms with E-state index in [-0.39, 0.29) is 0 Å². The number of rotatable bonds is 4. The lowest BCUT2D eigenvalue weighted by Crippen LogP contribution is -2.68. The molecule has 1 aromatic carbocycles. The molecule has 1 aliphatic heterocycles. The molecule has 0 aromatic heterocycles. The highest BCUT2D eigenvalue weighted by Crippen LogP contribution is 2.53. The Morgan fingerprint density at radius 3 is 1.93 bits per heavy atom. The van der Waals surface area contributed by atoms with Crippen LogP contribution in [0.25, 0.3) is 0 Å². The van der Waals surface area contributed by atoms with Crippen LogP contribution in [0.5, 0.6) is 0 Å². The summed E-state index contributed by atoms with van der Waals surface area (Å²) >= 11 is 0. The van der Waals surface area contributed by atoms with Crippen molar-refractivity contribution in [3.05, 3.63) is 39.7 Å². The molecule has 1 aromatic rings. The van der Waals surface area contributed by atoms with Gasteiger partial charge in [0.15, 0.2) is 9.84 Å². The Labute approximate surface area is 233 Å². The molecule has 224 valence electrons. The number of hydrogen-bond acceptors (Lipinski definition) is 10. The number of nitro benzene ring substituents is 1. The van der Waals surface area contributed by atoms with Gasteiger partial charge in [-0.15, -0.1) is 0 Å². The number of benzene rings is 1. The maximum atomic E-state index is 15.4. The van der Waals surface area contributed by atoms with E-state index in [1.54, 1.807) is 0 Å². The van der Waals surface area contributed by atoms with Gasteiger partial charge in [0.05, 0.1) is 4.92 Å². The van der Waals surface area contributed by atoms with Crippen molar-refractivity contribution in [2.75, 3.05) is 6.61 Å². The van der Waals surface area contributed by atoms with E-state index in [1.165, 1.54) is 69.2 Å². The van der Waals surface area contributed by atoms with E-state index in [0.29, 0.717) is 4.90 Å². The van der Waals surface area contributed by atoms with E-state index < -0.39 is 89.1 Å². The number of carbonyl (C=O) groups excluding carboxylic acids is 2. The number of carbonyl (C=O) groups is 2. The third-order valence-corrected chi connectivity index (χ3v) is 10.1. The van der Waals surface area contributed by atoms with Gasteiger partial charge in [0.25, 0.3) is 5.69 Å². The predicted molar refractivity (Wildman–Crippen MR) is 145 cm³/mol. The fourth-order valence-electron chi connectivity index (χ4n) is 4.53. The molecule has 12 nitrogen and oxygen atoms in total. The summed E-state index contributed by atoms with van der Waals surface area (Å²) in [5, 5.41) is 21.5. The number of imide groups is 1. The lowest BCUT2D eigenvalue weighted by atomic mass is 9.77. The molecule has 1 heterocycles. The topological polar surface area (TPSA) is 166 Å². The molecule has 14 heteroatoms. The Morgan fingerprint density at radius 2 is 1.52 bits per heavy atom. The van der Waals surface area contributed by atoms with Crippen LogP contribution in [0.2, 0.25) is 0 Å². The summed E-state index contributed by atoms with van der Waals surface area (Å²) in [4.78, 5) is 42.6. The van der Waals surface area contributed by atoms with Gasteiger partial charge in [-0.25, -0.2) is 22.4 Å². The van der Waals surface area contributed by atoms with Crippen LogP contribution in [0, 0.1) is 15.9 Å². The zero-order chi connectivity index (χ0) is 31.3. The zero-order valence-corrected chi connectivity index (χ0v) is 25.3. The van der Waals surface area contributed by atoms with Crippen molar-refractivity contribution in [2.24, 2.45) is 4.99 Å². The molecule has 40 heavy (non-hydrogen) atoms. The van der Waals surface area contributed by atoms with Gasteiger partial charge in [-0.05, 0) is 81.7 Å². The Balaban J connectivity index is 3.11. The number of nitro groups is 1. The first kappa shape index (κ1) is 33.1. The number of hydrogen-bond donors (Lipinski definition) is 1. The van der Waals surface area contributed by atoms with E-state index in [2.05, 4.69) is 4.99 Å².